The van der Waals surface area contributed by atoms with Gasteiger partial charge in [-0.15, -0.1) is 0 Å². The molecule has 50 valence electrons. The molecular formula is C6H13FO. The van der Waals surface area contributed by atoms with Crippen LogP contribution in [0.5, 0.6) is 0 Å². The van der Waals surface area contributed by atoms with Gasteiger partial charge in [0.1, 0.15) is 6.17 Å². The van der Waals surface area contributed by atoms with Gasteiger partial charge in [0.2, 0.25) is 0 Å². The molecule has 0 fully saturated rings. The first-order valence-electron chi connectivity index (χ1n) is 3.00. The van der Waals surface area contributed by atoms with Crippen molar-refractivity contribution in [3.63, 3.8) is 0 Å². The van der Waals surface area contributed by atoms with Gasteiger partial charge < -0.3 is 5.11 Å². The molecule has 0 aromatic rings. The Morgan fingerprint density at radius 1 is 1.62 bits per heavy atom. The number of aliphatic hydroxyl groups is 1. The number of halogens is 1. The molecule has 8 heavy (non-hydrogen) atoms. The summed E-state index contributed by atoms with van der Waals surface area (Å²) >= 11 is 0. The SMILES string of the molecule is CCCC(F)C(C)O. The Hall–Kier alpha value is -0.110. The zero-order chi connectivity index (χ0) is 6.57. The van der Waals surface area contributed by atoms with Crippen LogP contribution >= 0.6 is 0 Å². The van der Waals surface area contributed by atoms with Crippen LogP contribution < -0.4 is 0 Å². The van der Waals surface area contributed by atoms with E-state index in [-0.39, 0.29) is 0 Å². The first-order chi connectivity index (χ1) is 3.68. The summed E-state index contributed by atoms with van der Waals surface area (Å²) < 4.78 is 12.3. The molecule has 0 spiro atoms. The number of hydrogen-bond donors (Lipinski definition) is 1. The molecule has 1 nitrogen and oxygen atoms in total. The maximum Gasteiger partial charge on any atom is 0.126 e. The van der Waals surface area contributed by atoms with Gasteiger partial charge in [0, 0.05) is 0 Å². The average molecular weight is 120 g/mol. The van der Waals surface area contributed by atoms with Gasteiger partial charge in [-0.1, -0.05) is 13.3 Å². The van der Waals surface area contributed by atoms with Crippen LogP contribution in [0.15, 0.2) is 0 Å². The largest absolute Gasteiger partial charge is 0.390 e. The third kappa shape index (κ3) is 2.97. The van der Waals surface area contributed by atoms with Gasteiger partial charge in [-0.05, 0) is 13.3 Å². The van der Waals surface area contributed by atoms with Gasteiger partial charge >= 0.3 is 0 Å². The standard InChI is InChI=1S/C6H13FO/c1-3-4-6(7)5(2)8/h5-6,8H,3-4H2,1-2H3. The lowest BCUT2D eigenvalue weighted by atomic mass is 10.1. The highest BCUT2D eigenvalue weighted by atomic mass is 19.1. The van der Waals surface area contributed by atoms with Crippen LogP contribution in [0.3, 0.4) is 0 Å². The average Bonchev–Trinajstić information content (AvgIpc) is 1.67. The van der Waals surface area contributed by atoms with Gasteiger partial charge in [-0.3, -0.25) is 0 Å². The summed E-state index contributed by atoms with van der Waals surface area (Å²) in [4.78, 5) is 0. The summed E-state index contributed by atoms with van der Waals surface area (Å²) in [6.07, 6.45) is -0.557. The fourth-order valence-electron chi connectivity index (χ4n) is 0.517. The Morgan fingerprint density at radius 2 is 2.12 bits per heavy atom. The Morgan fingerprint density at radius 3 is 2.25 bits per heavy atom. The zero-order valence-electron chi connectivity index (χ0n) is 5.39. The quantitative estimate of drug-likeness (QED) is 0.598. The van der Waals surface area contributed by atoms with Crippen LogP contribution in [-0.4, -0.2) is 17.4 Å². The minimum Gasteiger partial charge on any atom is -0.390 e. The molecule has 0 heterocycles. The molecule has 0 radical (unpaired) electrons. The van der Waals surface area contributed by atoms with Gasteiger partial charge in [-0.2, -0.15) is 0 Å². The van der Waals surface area contributed by atoms with Crippen molar-refractivity contribution in [1.29, 1.82) is 0 Å². The number of aliphatic hydroxyl groups excluding tert-OH is 1. The van der Waals surface area contributed by atoms with Crippen molar-refractivity contribution in [2.24, 2.45) is 0 Å². The van der Waals surface area contributed by atoms with Gasteiger partial charge in [0.25, 0.3) is 0 Å². The normalized spacial score (nSPS) is 18.0. The van der Waals surface area contributed by atoms with E-state index in [4.69, 9.17) is 5.11 Å². The third-order valence-electron chi connectivity index (χ3n) is 1.09. The Bertz CT molecular complexity index is 54.5. The minimum absolute atomic E-state index is 0.470. The molecule has 0 rings (SSSR count). The van der Waals surface area contributed by atoms with E-state index in [0.717, 1.165) is 6.42 Å². The Kier molecular flexibility index (Phi) is 3.79. The molecule has 0 aliphatic heterocycles. The zero-order valence-corrected chi connectivity index (χ0v) is 5.39. The molecule has 0 saturated carbocycles. The lowest BCUT2D eigenvalue weighted by Crippen LogP contribution is -2.16. The monoisotopic (exact) mass is 120 g/mol. The van der Waals surface area contributed by atoms with E-state index in [9.17, 15) is 4.39 Å². The fraction of sp³-hybridized carbons (Fsp3) is 1.00. The number of alkyl halides is 1. The van der Waals surface area contributed by atoms with Crippen LogP contribution in [0.2, 0.25) is 0 Å². The molecule has 2 atom stereocenters. The Labute approximate surface area is 49.5 Å². The number of rotatable bonds is 3. The minimum atomic E-state index is -1.03. The molecule has 1 N–H and O–H groups in total. The van der Waals surface area contributed by atoms with Crippen LogP contribution in [0.4, 0.5) is 4.39 Å². The van der Waals surface area contributed by atoms with Crippen molar-refractivity contribution in [3.8, 4) is 0 Å². The molecule has 0 aromatic heterocycles. The predicted octanol–water partition coefficient (Wildman–Crippen LogP) is 1.51. The summed E-state index contributed by atoms with van der Waals surface area (Å²) in [5, 5.41) is 8.58. The molecule has 0 aliphatic rings. The molecule has 0 aliphatic carbocycles. The molecule has 0 saturated heterocycles. The van der Waals surface area contributed by atoms with Crippen LogP contribution in [0, 0.1) is 0 Å². The van der Waals surface area contributed by atoms with Crippen LogP contribution in [0.1, 0.15) is 26.7 Å². The number of hydrogen-bond acceptors (Lipinski definition) is 1. The summed E-state index contributed by atoms with van der Waals surface area (Å²) in [6.45, 7) is 3.37. The summed E-state index contributed by atoms with van der Waals surface area (Å²) in [5.41, 5.74) is 0. The first kappa shape index (κ1) is 7.89. The van der Waals surface area contributed by atoms with Crippen LogP contribution in [-0.2, 0) is 0 Å². The van der Waals surface area contributed by atoms with Gasteiger partial charge in [0.15, 0.2) is 0 Å². The van der Waals surface area contributed by atoms with E-state index in [0.29, 0.717) is 6.42 Å². The smallest absolute Gasteiger partial charge is 0.126 e. The fourth-order valence-corrected chi connectivity index (χ4v) is 0.517. The lowest BCUT2D eigenvalue weighted by molar-refractivity contribution is 0.0872. The molecule has 2 heteroatoms. The van der Waals surface area contributed by atoms with E-state index in [1.165, 1.54) is 6.92 Å². The van der Waals surface area contributed by atoms with Crippen molar-refractivity contribution < 1.29 is 9.50 Å². The second kappa shape index (κ2) is 3.84. The maximum atomic E-state index is 12.3. The second-order valence-electron chi connectivity index (χ2n) is 2.05. The van der Waals surface area contributed by atoms with E-state index in [2.05, 4.69) is 0 Å². The molecule has 0 bridgehead atoms. The van der Waals surface area contributed by atoms with Gasteiger partial charge in [-0.25, -0.2) is 4.39 Å². The van der Waals surface area contributed by atoms with E-state index >= 15 is 0 Å². The summed E-state index contributed by atoms with van der Waals surface area (Å²) in [5.74, 6) is 0. The van der Waals surface area contributed by atoms with E-state index in [1.54, 1.807) is 0 Å². The molecule has 0 aromatic carbocycles. The van der Waals surface area contributed by atoms with Crippen molar-refractivity contribution in [2.45, 2.75) is 39.0 Å². The van der Waals surface area contributed by atoms with Crippen molar-refractivity contribution in [2.75, 3.05) is 0 Å². The lowest BCUT2D eigenvalue weighted by Gasteiger charge is -2.07. The maximum absolute atomic E-state index is 12.3. The van der Waals surface area contributed by atoms with Crippen molar-refractivity contribution in [3.05, 3.63) is 0 Å². The molecule has 2 unspecified atom stereocenters. The molecular weight excluding hydrogens is 107 g/mol. The second-order valence-corrected chi connectivity index (χ2v) is 2.05. The third-order valence-corrected chi connectivity index (χ3v) is 1.09. The summed E-state index contributed by atoms with van der Waals surface area (Å²) in [6, 6.07) is 0. The highest BCUT2D eigenvalue weighted by Crippen LogP contribution is 2.05. The topological polar surface area (TPSA) is 20.2 Å². The van der Waals surface area contributed by atoms with E-state index < -0.39 is 12.3 Å². The highest BCUT2D eigenvalue weighted by Gasteiger charge is 2.10. The van der Waals surface area contributed by atoms with E-state index in [1.807, 2.05) is 6.92 Å². The summed E-state index contributed by atoms with van der Waals surface area (Å²) in [7, 11) is 0. The molecule has 0 amide bonds. The van der Waals surface area contributed by atoms with Crippen LogP contribution in [0.25, 0.3) is 0 Å². The van der Waals surface area contributed by atoms with Crippen molar-refractivity contribution in [1.82, 2.24) is 0 Å². The van der Waals surface area contributed by atoms with Gasteiger partial charge in [0.05, 0.1) is 6.10 Å². The first-order valence-corrected chi connectivity index (χ1v) is 3.00. The van der Waals surface area contributed by atoms with Crippen molar-refractivity contribution >= 4 is 0 Å². The predicted molar refractivity (Wildman–Crippen MR) is 31.5 cm³/mol. The Balaban J connectivity index is 3.17. The highest BCUT2D eigenvalue weighted by molar-refractivity contribution is 4.60.